The molecule has 0 aromatic carbocycles. The van der Waals surface area contributed by atoms with Crippen LogP contribution in [0.15, 0.2) is 12.1 Å². The van der Waals surface area contributed by atoms with E-state index in [2.05, 4.69) is 22.4 Å². The molecule has 3 nitrogen and oxygen atoms in total. The third-order valence-corrected chi connectivity index (χ3v) is 2.81. The van der Waals surface area contributed by atoms with Crippen LogP contribution in [0.1, 0.15) is 31.0 Å². The number of aryl methyl sites for hydroxylation is 2. The first kappa shape index (κ1) is 10.4. The van der Waals surface area contributed by atoms with Crippen LogP contribution in [0.5, 0.6) is 0 Å². The number of nitrogens with zero attached hydrogens (tertiary/aromatic N) is 1. The zero-order chi connectivity index (χ0) is 10.7. The van der Waals surface area contributed by atoms with Gasteiger partial charge in [-0.15, -0.1) is 0 Å². The quantitative estimate of drug-likeness (QED) is 0.790. The first-order chi connectivity index (χ1) is 7.25. The SMILES string of the molecule is C[C@H](N)CCc1ccc2c(n1)NCCC2. The smallest absolute Gasteiger partial charge is 0.129 e. The number of hydrogen-bond acceptors (Lipinski definition) is 3. The van der Waals surface area contributed by atoms with E-state index in [1.807, 2.05) is 6.92 Å². The van der Waals surface area contributed by atoms with Crippen molar-refractivity contribution in [2.75, 3.05) is 11.9 Å². The number of nitrogens with one attached hydrogen (secondary N) is 1. The highest BCUT2D eigenvalue weighted by Crippen LogP contribution is 2.20. The standard InChI is InChI=1S/C12H19N3/c1-9(13)4-6-11-7-5-10-3-2-8-14-12(10)15-11/h5,7,9H,2-4,6,8,13H2,1H3,(H,14,15)/t9-/m0/s1. The van der Waals surface area contributed by atoms with E-state index in [1.54, 1.807) is 0 Å². The van der Waals surface area contributed by atoms with E-state index in [4.69, 9.17) is 5.73 Å². The highest BCUT2D eigenvalue weighted by Gasteiger charge is 2.10. The van der Waals surface area contributed by atoms with E-state index >= 15 is 0 Å². The molecule has 0 amide bonds. The summed E-state index contributed by atoms with van der Waals surface area (Å²) in [5.74, 6) is 1.09. The normalized spacial score (nSPS) is 16.7. The Morgan fingerprint density at radius 2 is 2.40 bits per heavy atom. The fourth-order valence-corrected chi connectivity index (χ4v) is 1.88. The molecular formula is C12H19N3. The molecule has 1 atom stereocenters. The van der Waals surface area contributed by atoms with Gasteiger partial charge in [0.05, 0.1) is 0 Å². The second kappa shape index (κ2) is 4.62. The molecule has 0 aliphatic carbocycles. The van der Waals surface area contributed by atoms with Crippen molar-refractivity contribution in [3.05, 3.63) is 23.4 Å². The van der Waals surface area contributed by atoms with Gasteiger partial charge >= 0.3 is 0 Å². The van der Waals surface area contributed by atoms with E-state index in [-0.39, 0.29) is 6.04 Å². The Hall–Kier alpha value is -1.09. The van der Waals surface area contributed by atoms with Crippen molar-refractivity contribution in [1.29, 1.82) is 0 Å². The first-order valence-corrected chi connectivity index (χ1v) is 5.74. The number of hydrogen-bond donors (Lipinski definition) is 2. The minimum atomic E-state index is 0.260. The minimum absolute atomic E-state index is 0.260. The van der Waals surface area contributed by atoms with Gasteiger partial charge in [-0.05, 0) is 44.2 Å². The second-order valence-electron chi connectivity index (χ2n) is 4.36. The van der Waals surface area contributed by atoms with Crippen molar-refractivity contribution in [2.45, 2.75) is 38.6 Å². The summed E-state index contributed by atoms with van der Waals surface area (Å²) in [6.45, 7) is 3.09. The molecule has 0 saturated heterocycles. The fourth-order valence-electron chi connectivity index (χ4n) is 1.88. The highest BCUT2D eigenvalue weighted by atomic mass is 15.0. The Morgan fingerprint density at radius 1 is 1.53 bits per heavy atom. The van der Waals surface area contributed by atoms with Crippen LogP contribution in [0.2, 0.25) is 0 Å². The van der Waals surface area contributed by atoms with Crippen LogP contribution in [-0.2, 0) is 12.8 Å². The summed E-state index contributed by atoms with van der Waals surface area (Å²) in [5, 5.41) is 3.35. The van der Waals surface area contributed by atoms with Gasteiger partial charge in [-0.2, -0.15) is 0 Å². The number of fused-ring (bicyclic) bond motifs is 1. The minimum Gasteiger partial charge on any atom is -0.370 e. The molecular weight excluding hydrogens is 186 g/mol. The van der Waals surface area contributed by atoms with Crippen LogP contribution < -0.4 is 11.1 Å². The number of nitrogens with two attached hydrogens (primary N) is 1. The molecule has 0 bridgehead atoms. The summed E-state index contributed by atoms with van der Waals surface area (Å²) in [5.41, 5.74) is 8.24. The third-order valence-electron chi connectivity index (χ3n) is 2.81. The predicted octanol–water partition coefficient (Wildman–Crippen LogP) is 1.72. The molecule has 0 radical (unpaired) electrons. The van der Waals surface area contributed by atoms with E-state index in [0.717, 1.165) is 37.3 Å². The molecule has 2 rings (SSSR count). The lowest BCUT2D eigenvalue weighted by molar-refractivity contribution is 0.657. The van der Waals surface area contributed by atoms with Gasteiger partial charge in [-0.1, -0.05) is 6.07 Å². The summed E-state index contributed by atoms with van der Waals surface area (Å²) in [6.07, 6.45) is 4.36. The van der Waals surface area contributed by atoms with Gasteiger partial charge in [0.2, 0.25) is 0 Å². The lowest BCUT2D eigenvalue weighted by Crippen LogP contribution is -2.17. The second-order valence-corrected chi connectivity index (χ2v) is 4.36. The number of aromatic nitrogens is 1. The Kier molecular flexibility index (Phi) is 3.21. The van der Waals surface area contributed by atoms with E-state index in [0.29, 0.717) is 0 Å². The van der Waals surface area contributed by atoms with Crippen molar-refractivity contribution in [1.82, 2.24) is 4.98 Å². The molecule has 1 aliphatic heterocycles. The lowest BCUT2D eigenvalue weighted by atomic mass is 10.1. The first-order valence-electron chi connectivity index (χ1n) is 5.74. The van der Waals surface area contributed by atoms with Crippen LogP contribution in [0, 0.1) is 0 Å². The highest BCUT2D eigenvalue weighted by molar-refractivity contribution is 5.46. The zero-order valence-corrected chi connectivity index (χ0v) is 9.29. The van der Waals surface area contributed by atoms with Gasteiger partial charge < -0.3 is 11.1 Å². The summed E-state index contributed by atoms with van der Waals surface area (Å²) < 4.78 is 0. The predicted molar refractivity (Wildman–Crippen MR) is 63.0 cm³/mol. The molecule has 1 aromatic rings. The molecule has 0 unspecified atom stereocenters. The van der Waals surface area contributed by atoms with Gasteiger partial charge in [-0.3, -0.25) is 0 Å². The van der Waals surface area contributed by atoms with Crippen molar-refractivity contribution < 1.29 is 0 Å². The molecule has 15 heavy (non-hydrogen) atoms. The van der Waals surface area contributed by atoms with Crippen LogP contribution in [0.25, 0.3) is 0 Å². The van der Waals surface area contributed by atoms with Gasteiger partial charge in [0.25, 0.3) is 0 Å². The van der Waals surface area contributed by atoms with Gasteiger partial charge in [0, 0.05) is 18.3 Å². The summed E-state index contributed by atoms with van der Waals surface area (Å²) in [6, 6.07) is 4.59. The lowest BCUT2D eigenvalue weighted by Gasteiger charge is -2.17. The van der Waals surface area contributed by atoms with Crippen LogP contribution >= 0.6 is 0 Å². The Morgan fingerprint density at radius 3 is 3.20 bits per heavy atom. The van der Waals surface area contributed by atoms with Gasteiger partial charge in [0.15, 0.2) is 0 Å². The molecule has 2 heterocycles. The van der Waals surface area contributed by atoms with Gasteiger partial charge in [-0.25, -0.2) is 4.98 Å². The van der Waals surface area contributed by atoms with E-state index < -0.39 is 0 Å². The molecule has 3 N–H and O–H groups in total. The van der Waals surface area contributed by atoms with Crippen molar-refractivity contribution >= 4 is 5.82 Å². The van der Waals surface area contributed by atoms with Crippen molar-refractivity contribution in [3.8, 4) is 0 Å². The van der Waals surface area contributed by atoms with E-state index in [1.165, 1.54) is 12.0 Å². The number of anilines is 1. The molecule has 0 spiro atoms. The maximum atomic E-state index is 5.73. The average Bonchev–Trinajstić information content (AvgIpc) is 2.26. The molecule has 3 heteroatoms. The van der Waals surface area contributed by atoms with Crippen molar-refractivity contribution in [2.24, 2.45) is 5.73 Å². The fraction of sp³-hybridized carbons (Fsp3) is 0.583. The zero-order valence-electron chi connectivity index (χ0n) is 9.29. The third kappa shape index (κ3) is 2.69. The van der Waals surface area contributed by atoms with Gasteiger partial charge in [0.1, 0.15) is 5.82 Å². The monoisotopic (exact) mass is 205 g/mol. The summed E-state index contributed by atoms with van der Waals surface area (Å²) in [7, 11) is 0. The molecule has 1 aliphatic rings. The molecule has 0 saturated carbocycles. The Balaban J connectivity index is 2.07. The molecule has 82 valence electrons. The van der Waals surface area contributed by atoms with Crippen molar-refractivity contribution in [3.63, 3.8) is 0 Å². The summed E-state index contributed by atoms with van der Waals surface area (Å²) in [4.78, 5) is 4.62. The van der Waals surface area contributed by atoms with E-state index in [9.17, 15) is 0 Å². The Bertz CT molecular complexity index is 334. The maximum absolute atomic E-state index is 5.73. The molecule has 0 fully saturated rings. The van der Waals surface area contributed by atoms with Crippen LogP contribution in [0.3, 0.4) is 0 Å². The Labute approximate surface area is 91.1 Å². The topological polar surface area (TPSA) is 50.9 Å². The summed E-state index contributed by atoms with van der Waals surface area (Å²) >= 11 is 0. The number of pyridine rings is 1. The molecule has 1 aromatic heterocycles. The number of rotatable bonds is 3. The average molecular weight is 205 g/mol. The van der Waals surface area contributed by atoms with Crippen LogP contribution in [0.4, 0.5) is 5.82 Å². The largest absolute Gasteiger partial charge is 0.370 e. The van der Waals surface area contributed by atoms with Crippen LogP contribution in [-0.4, -0.2) is 17.6 Å². The maximum Gasteiger partial charge on any atom is 0.129 e.